The van der Waals surface area contributed by atoms with Crippen molar-refractivity contribution < 1.29 is 10.0 Å². The van der Waals surface area contributed by atoms with Crippen molar-refractivity contribution >= 4 is 19.1 Å². The summed E-state index contributed by atoms with van der Waals surface area (Å²) in [4.78, 5) is 0. The van der Waals surface area contributed by atoms with E-state index in [4.69, 9.17) is 21.5 Å². The summed E-state index contributed by atoms with van der Waals surface area (Å²) in [5, 5.41) is 14.2. The minimum atomic E-state index is -0.750. The van der Waals surface area contributed by atoms with Crippen LogP contribution in [-0.4, -0.2) is 17.7 Å². The third-order valence-electron chi connectivity index (χ3n) is 0.996. The normalized spacial score (nSPS) is 7.82. The van der Waals surface area contributed by atoms with Crippen LogP contribution in [0.1, 0.15) is 0 Å². The molecule has 0 aliphatic carbocycles. The molecule has 4 nitrogen and oxygen atoms in total. The molecule has 60 valence electrons. The number of nitrogen functional groups attached to an aromatic ring is 2. The van der Waals surface area contributed by atoms with Gasteiger partial charge < -0.3 is 21.5 Å². The molecule has 0 aromatic heterocycles. The van der Waals surface area contributed by atoms with Crippen molar-refractivity contribution in [2.24, 2.45) is 0 Å². The van der Waals surface area contributed by atoms with Gasteiger partial charge in [0.15, 0.2) is 0 Å². The molecule has 5 heteroatoms. The zero-order valence-electron chi connectivity index (χ0n) is 6.07. The standard InChI is InChI=1S/C6H8N2.BH3O2/c7-5-3-1-2-4-6(5)8;2-1-3/h1-4H,7-8H2;1-3H. The van der Waals surface area contributed by atoms with E-state index >= 15 is 0 Å². The van der Waals surface area contributed by atoms with Gasteiger partial charge in [0, 0.05) is 0 Å². The Morgan fingerprint density at radius 1 is 1.00 bits per heavy atom. The molecule has 0 atom stereocenters. The average molecular weight is 154 g/mol. The molecule has 1 aromatic rings. The van der Waals surface area contributed by atoms with Gasteiger partial charge in [-0.15, -0.1) is 0 Å². The van der Waals surface area contributed by atoms with E-state index in [0.717, 1.165) is 0 Å². The van der Waals surface area contributed by atoms with Crippen molar-refractivity contribution in [1.82, 2.24) is 0 Å². The fourth-order valence-electron chi connectivity index (χ4n) is 0.511. The lowest BCUT2D eigenvalue weighted by atomic mass is 10.3. The maximum absolute atomic E-state index is 7.12. The van der Waals surface area contributed by atoms with Crippen molar-refractivity contribution in [1.29, 1.82) is 0 Å². The highest BCUT2D eigenvalue weighted by atomic mass is 16.4. The van der Waals surface area contributed by atoms with Crippen LogP contribution in [0, 0.1) is 0 Å². The molecule has 11 heavy (non-hydrogen) atoms. The van der Waals surface area contributed by atoms with Gasteiger partial charge >= 0.3 is 7.69 Å². The SMILES string of the molecule is Nc1ccccc1N.OBO. The van der Waals surface area contributed by atoms with Crippen LogP contribution in [0.25, 0.3) is 0 Å². The molecule has 0 saturated heterocycles. The van der Waals surface area contributed by atoms with E-state index in [1.165, 1.54) is 0 Å². The number of nitrogens with two attached hydrogens (primary N) is 2. The van der Waals surface area contributed by atoms with Crippen LogP contribution in [0.2, 0.25) is 0 Å². The molecule has 0 bridgehead atoms. The summed E-state index contributed by atoms with van der Waals surface area (Å²) in [5.74, 6) is 0. The average Bonchev–Trinajstić information content (AvgIpc) is 1.97. The number of hydrogen-bond donors (Lipinski definition) is 4. The number of rotatable bonds is 0. The highest BCUT2D eigenvalue weighted by molar-refractivity contribution is 6.13. The maximum Gasteiger partial charge on any atom is 0.432 e. The topological polar surface area (TPSA) is 92.5 Å². The minimum absolute atomic E-state index is 0.646. The zero-order valence-corrected chi connectivity index (χ0v) is 6.07. The van der Waals surface area contributed by atoms with Gasteiger partial charge in [0.2, 0.25) is 0 Å². The Labute approximate surface area is 65.8 Å². The zero-order chi connectivity index (χ0) is 8.69. The summed E-state index contributed by atoms with van der Waals surface area (Å²) in [7, 11) is -0.750. The van der Waals surface area contributed by atoms with Gasteiger partial charge in [-0.3, -0.25) is 0 Å². The molecule has 0 fully saturated rings. The second-order valence-corrected chi connectivity index (χ2v) is 1.77. The second kappa shape index (κ2) is 5.58. The largest absolute Gasteiger partial charge is 0.432 e. The van der Waals surface area contributed by atoms with Gasteiger partial charge in [0.1, 0.15) is 0 Å². The van der Waals surface area contributed by atoms with E-state index in [9.17, 15) is 0 Å². The van der Waals surface area contributed by atoms with Crippen molar-refractivity contribution in [3.05, 3.63) is 24.3 Å². The van der Waals surface area contributed by atoms with E-state index in [1.807, 2.05) is 12.1 Å². The molecule has 1 aromatic carbocycles. The summed E-state index contributed by atoms with van der Waals surface area (Å²) >= 11 is 0. The Kier molecular flexibility index (Phi) is 4.97. The Bertz CT molecular complexity index is 187. The first-order chi connectivity index (χ1) is 5.22. The first-order valence-corrected chi connectivity index (χ1v) is 3.04. The lowest BCUT2D eigenvalue weighted by Crippen LogP contribution is -1.91. The molecule has 0 unspecified atom stereocenters. The first-order valence-electron chi connectivity index (χ1n) is 3.04. The van der Waals surface area contributed by atoms with E-state index in [-0.39, 0.29) is 0 Å². The van der Waals surface area contributed by atoms with Gasteiger partial charge in [-0.1, -0.05) is 12.1 Å². The molecular weight excluding hydrogens is 143 g/mol. The predicted molar refractivity (Wildman–Crippen MR) is 46.9 cm³/mol. The van der Waals surface area contributed by atoms with E-state index in [2.05, 4.69) is 0 Å². The van der Waals surface area contributed by atoms with Crippen LogP contribution in [-0.2, 0) is 0 Å². The quantitative estimate of drug-likeness (QED) is 0.287. The molecule has 0 spiro atoms. The van der Waals surface area contributed by atoms with Crippen LogP contribution in [0.3, 0.4) is 0 Å². The molecule has 0 amide bonds. The summed E-state index contributed by atoms with van der Waals surface area (Å²) in [6, 6.07) is 7.25. The Hall–Kier alpha value is -1.20. The molecule has 1 rings (SSSR count). The summed E-state index contributed by atoms with van der Waals surface area (Å²) in [6.45, 7) is 0. The van der Waals surface area contributed by atoms with E-state index < -0.39 is 7.69 Å². The monoisotopic (exact) mass is 154 g/mol. The highest BCUT2D eigenvalue weighted by Gasteiger charge is 1.85. The van der Waals surface area contributed by atoms with Crippen LogP contribution >= 0.6 is 0 Å². The predicted octanol–water partition coefficient (Wildman–Crippen LogP) is -0.911. The molecule has 0 heterocycles. The number of benzene rings is 1. The summed E-state index contributed by atoms with van der Waals surface area (Å²) in [5.41, 5.74) is 12.1. The summed E-state index contributed by atoms with van der Waals surface area (Å²) in [6.07, 6.45) is 0. The van der Waals surface area contributed by atoms with E-state index in [1.54, 1.807) is 12.1 Å². The fourth-order valence-corrected chi connectivity index (χ4v) is 0.511. The van der Waals surface area contributed by atoms with Gasteiger partial charge in [0.05, 0.1) is 11.4 Å². The third-order valence-corrected chi connectivity index (χ3v) is 0.996. The van der Waals surface area contributed by atoms with E-state index in [0.29, 0.717) is 11.4 Å². The lowest BCUT2D eigenvalue weighted by Gasteiger charge is -1.94. The fraction of sp³-hybridized carbons (Fsp3) is 0. The minimum Gasteiger partial charge on any atom is -0.430 e. The first kappa shape index (κ1) is 9.80. The number of para-hydroxylation sites is 2. The molecule has 6 N–H and O–H groups in total. The van der Waals surface area contributed by atoms with Crippen molar-refractivity contribution in [2.75, 3.05) is 11.5 Å². The van der Waals surface area contributed by atoms with Gasteiger partial charge in [-0.05, 0) is 12.1 Å². The van der Waals surface area contributed by atoms with Gasteiger partial charge in [-0.25, -0.2) is 0 Å². The Balaban J connectivity index is 0.000000292. The molecule has 0 aliphatic heterocycles. The molecular formula is C6H11BN2O2. The lowest BCUT2D eigenvalue weighted by molar-refractivity contribution is 0.448. The van der Waals surface area contributed by atoms with Crippen LogP contribution in [0.5, 0.6) is 0 Å². The van der Waals surface area contributed by atoms with Crippen molar-refractivity contribution in [3.8, 4) is 0 Å². The van der Waals surface area contributed by atoms with Gasteiger partial charge in [0.25, 0.3) is 0 Å². The molecule has 0 aliphatic rings. The van der Waals surface area contributed by atoms with Crippen LogP contribution in [0.15, 0.2) is 24.3 Å². The van der Waals surface area contributed by atoms with Crippen molar-refractivity contribution in [2.45, 2.75) is 0 Å². The maximum atomic E-state index is 7.12. The van der Waals surface area contributed by atoms with Crippen molar-refractivity contribution in [3.63, 3.8) is 0 Å². The van der Waals surface area contributed by atoms with Crippen LogP contribution < -0.4 is 11.5 Å². The number of hydrogen-bond acceptors (Lipinski definition) is 4. The van der Waals surface area contributed by atoms with Crippen LogP contribution in [0.4, 0.5) is 11.4 Å². The highest BCUT2D eigenvalue weighted by Crippen LogP contribution is 2.10. The summed E-state index contributed by atoms with van der Waals surface area (Å²) < 4.78 is 0. The smallest absolute Gasteiger partial charge is 0.430 e. The second-order valence-electron chi connectivity index (χ2n) is 1.77. The Morgan fingerprint density at radius 3 is 1.45 bits per heavy atom. The Morgan fingerprint density at radius 2 is 1.27 bits per heavy atom. The van der Waals surface area contributed by atoms with Gasteiger partial charge in [-0.2, -0.15) is 0 Å². The molecule has 0 radical (unpaired) electrons. The number of anilines is 2. The molecule has 0 saturated carbocycles. The third kappa shape index (κ3) is 4.24.